The van der Waals surface area contributed by atoms with Crippen LogP contribution in [0.5, 0.6) is 0 Å². The van der Waals surface area contributed by atoms with E-state index in [2.05, 4.69) is 9.97 Å². The molecule has 0 radical (unpaired) electrons. The van der Waals surface area contributed by atoms with E-state index in [0.717, 1.165) is 22.5 Å². The third kappa shape index (κ3) is 2.54. The van der Waals surface area contributed by atoms with Crippen LogP contribution in [0.3, 0.4) is 0 Å². The molecule has 0 saturated carbocycles. The molecular weight excluding hydrogens is 242 g/mol. The Balaban J connectivity index is 2.71. The number of hydrogen-bond acceptors (Lipinski definition) is 3. The van der Waals surface area contributed by atoms with Gasteiger partial charge in [0.1, 0.15) is 5.56 Å². The van der Waals surface area contributed by atoms with Crippen molar-refractivity contribution in [2.75, 3.05) is 0 Å². The van der Waals surface area contributed by atoms with E-state index in [1.165, 1.54) is 0 Å². The summed E-state index contributed by atoms with van der Waals surface area (Å²) in [5, 5.41) is 0. The zero-order valence-corrected chi connectivity index (χ0v) is 10.9. The molecule has 0 fully saturated rings. The normalized spacial score (nSPS) is 10.4. The molecule has 2 aromatic heterocycles. The molecule has 98 valence electrons. The van der Waals surface area contributed by atoms with Crippen molar-refractivity contribution < 1.29 is 4.79 Å². The van der Waals surface area contributed by atoms with Gasteiger partial charge in [0, 0.05) is 23.1 Å². The summed E-state index contributed by atoms with van der Waals surface area (Å²) in [6, 6.07) is 5.29. The first-order valence-corrected chi connectivity index (χ1v) is 6.02. The highest BCUT2D eigenvalue weighted by Gasteiger charge is 2.13. The Morgan fingerprint density at radius 3 is 2.74 bits per heavy atom. The second kappa shape index (κ2) is 5.06. The van der Waals surface area contributed by atoms with Crippen molar-refractivity contribution in [3.8, 4) is 11.1 Å². The van der Waals surface area contributed by atoms with Gasteiger partial charge in [0.25, 0.3) is 11.5 Å². The number of amides is 1. The molecule has 0 atom stereocenters. The van der Waals surface area contributed by atoms with E-state index >= 15 is 0 Å². The minimum Gasteiger partial charge on any atom is -0.365 e. The Morgan fingerprint density at radius 2 is 2.16 bits per heavy atom. The van der Waals surface area contributed by atoms with Gasteiger partial charge in [-0.2, -0.15) is 0 Å². The number of aryl methyl sites for hydroxylation is 2. The fraction of sp³-hybridized carbons (Fsp3) is 0.214. The molecule has 0 unspecified atom stereocenters. The van der Waals surface area contributed by atoms with Crippen molar-refractivity contribution in [3.05, 3.63) is 51.7 Å². The number of nitrogens with two attached hydrogens (primary N) is 1. The number of aromatic amines is 1. The molecule has 0 spiro atoms. The van der Waals surface area contributed by atoms with Crippen molar-refractivity contribution >= 4 is 5.91 Å². The highest BCUT2D eigenvalue weighted by atomic mass is 16.2. The number of aromatic nitrogens is 2. The SMILES string of the molecule is CCc1[nH]c(=O)c(C(N)=O)cc1-c1ccnc(C)c1. The number of carbonyl (C=O) groups excluding carboxylic acids is 1. The predicted octanol–water partition coefficient (Wildman–Crippen LogP) is 1.41. The van der Waals surface area contributed by atoms with Gasteiger partial charge in [-0.15, -0.1) is 0 Å². The topological polar surface area (TPSA) is 88.8 Å². The monoisotopic (exact) mass is 257 g/mol. The number of primary amides is 1. The highest BCUT2D eigenvalue weighted by molar-refractivity contribution is 5.93. The lowest BCUT2D eigenvalue weighted by Gasteiger charge is -2.09. The van der Waals surface area contributed by atoms with Gasteiger partial charge in [0.2, 0.25) is 0 Å². The van der Waals surface area contributed by atoms with Crippen LogP contribution in [-0.4, -0.2) is 15.9 Å². The van der Waals surface area contributed by atoms with Gasteiger partial charge in [-0.1, -0.05) is 6.92 Å². The molecular formula is C14H15N3O2. The van der Waals surface area contributed by atoms with Crippen molar-refractivity contribution in [2.45, 2.75) is 20.3 Å². The number of H-pyrrole nitrogens is 1. The summed E-state index contributed by atoms with van der Waals surface area (Å²) in [5.74, 6) is -0.726. The molecule has 3 N–H and O–H groups in total. The van der Waals surface area contributed by atoms with Crippen LogP contribution in [0.2, 0.25) is 0 Å². The zero-order chi connectivity index (χ0) is 14.0. The fourth-order valence-corrected chi connectivity index (χ4v) is 2.00. The van der Waals surface area contributed by atoms with Crippen LogP contribution in [0.15, 0.2) is 29.2 Å². The third-order valence-corrected chi connectivity index (χ3v) is 2.95. The van der Waals surface area contributed by atoms with Gasteiger partial charge in [-0.25, -0.2) is 0 Å². The first-order chi connectivity index (χ1) is 9.02. The maximum absolute atomic E-state index is 11.7. The summed E-state index contributed by atoms with van der Waals surface area (Å²) in [4.78, 5) is 29.8. The van der Waals surface area contributed by atoms with Crippen LogP contribution in [0.4, 0.5) is 0 Å². The fourth-order valence-electron chi connectivity index (χ4n) is 2.00. The lowest BCUT2D eigenvalue weighted by Crippen LogP contribution is -2.24. The molecule has 5 nitrogen and oxygen atoms in total. The molecule has 19 heavy (non-hydrogen) atoms. The van der Waals surface area contributed by atoms with Crippen molar-refractivity contribution in [2.24, 2.45) is 5.73 Å². The lowest BCUT2D eigenvalue weighted by atomic mass is 10.0. The number of pyridine rings is 2. The lowest BCUT2D eigenvalue weighted by molar-refractivity contribution is 0.0999. The van der Waals surface area contributed by atoms with Crippen LogP contribution in [0, 0.1) is 6.92 Å². The zero-order valence-electron chi connectivity index (χ0n) is 10.9. The molecule has 0 aliphatic carbocycles. The first-order valence-electron chi connectivity index (χ1n) is 6.02. The van der Waals surface area contributed by atoms with E-state index < -0.39 is 11.5 Å². The van der Waals surface area contributed by atoms with Gasteiger partial charge >= 0.3 is 0 Å². The summed E-state index contributed by atoms with van der Waals surface area (Å²) in [5.41, 5.74) is 8.10. The standard InChI is InChI=1S/C14H15N3O2/c1-3-12-10(9-4-5-16-8(2)6-9)7-11(13(15)18)14(19)17-12/h4-7H,3H2,1-2H3,(H2,15,18)(H,17,19). The quantitative estimate of drug-likeness (QED) is 0.871. The molecule has 0 aliphatic rings. The van der Waals surface area contributed by atoms with Crippen molar-refractivity contribution in [3.63, 3.8) is 0 Å². The van der Waals surface area contributed by atoms with Gasteiger partial charge < -0.3 is 10.7 Å². The number of hydrogen-bond donors (Lipinski definition) is 2. The first kappa shape index (κ1) is 13.0. The van der Waals surface area contributed by atoms with Crippen LogP contribution in [0.1, 0.15) is 28.7 Å². The van der Waals surface area contributed by atoms with Crippen LogP contribution >= 0.6 is 0 Å². The Kier molecular flexibility index (Phi) is 3.46. The van der Waals surface area contributed by atoms with E-state index in [4.69, 9.17) is 5.73 Å². The van der Waals surface area contributed by atoms with Gasteiger partial charge in [0.05, 0.1) is 0 Å². The predicted molar refractivity (Wildman–Crippen MR) is 72.9 cm³/mol. The second-order valence-electron chi connectivity index (χ2n) is 4.31. The summed E-state index contributed by atoms with van der Waals surface area (Å²) in [6.07, 6.45) is 2.35. The summed E-state index contributed by atoms with van der Waals surface area (Å²) >= 11 is 0. The van der Waals surface area contributed by atoms with Crippen LogP contribution in [0.25, 0.3) is 11.1 Å². The second-order valence-corrected chi connectivity index (χ2v) is 4.31. The van der Waals surface area contributed by atoms with Gasteiger partial charge in [-0.05, 0) is 37.1 Å². The third-order valence-electron chi connectivity index (χ3n) is 2.95. The molecule has 0 aromatic carbocycles. The molecule has 5 heteroatoms. The highest BCUT2D eigenvalue weighted by Crippen LogP contribution is 2.23. The summed E-state index contributed by atoms with van der Waals surface area (Å²) < 4.78 is 0. The molecule has 0 aliphatic heterocycles. The molecule has 1 amide bonds. The maximum atomic E-state index is 11.7. The smallest absolute Gasteiger partial charge is 0.261 e. The molecule has 2 aromatic rings. The number of carbonyl (C=O) groups is 1. The Hall–Kier alpha value is -2.43. The average molecular weight is 257 g/mol. The largest absolute Gasteiger partial charge is 0.365 e. The maximum Gasteiger partial charge on any atom is 0.261 e. The summed E-state index contributed by atoms with van der Waals surface area (Å²) in [6.45, 7) is 3.82. The van der Waals surface area contributed by atoms with E-state index in [1.54, 1.807) is 12.3 Å². The summed E-state index contributed by atoms with van der Waals surface area (Å²) in [7, 11) is 0. The van der Waals surface area contributed by atoms with Crippen LogP contribution in [-0.2, 0) is 6.42 Å². The number of rotatable bonds is 3. The van der Waals surface area contributed by atoms with Crippen molar-refractivity contribution in [1.82, 2.24) is 9.97 Å². The molecule has 0 bridgehead atoms. The van der Waals surface area contributed by atoms with Gasteiger partial charge in [-0.3, -0.25) is 14.6 Å². The minimum absolute atomic E-state index is 0.0262. The Bertz CT molecular complexity index is 689. The number of nitrogens with one attached hydrogen (secondary N) is 1. The minimum atomic E-state index is -0.726. The van der Waals surface area contributed by atoms with Gasteiger partial charge in [0.15, 0.2) is 0 Å². The Labute approximate surface area is 110 Å². The van der Waals surface area contributed by atoms with E-state index in [0.29, 0.717) is 6.42 Å². The molecule has 0 saturated heterocycles. The number of nitrogens with zero attached hydrogens (tertiary/aromatic N) is 1. The molecule has 2 rings (SSSR count). The van der Waals surface area contributed by atoms with E-state index in [-0.39, 0.29) is 5.56 Å². The Morgan fingerprint density at radius 1 is 1.42 bits per heavy atom. The average Bonchev–Trinajstić information content (AvgIpc) is 2.37. The van der Waals surface area contributed by atoms with Crippen molar-refractivity contribution in [1.29, 1.82) is 0 Å². The van der Waals surface area contributed by atoms with E-state index in [9.17, 15) is 9.59 Å². The van der Waals surface area contributed by atoms with Crippen LogP contribution < -0.4 is 11.3 Å². The van der Waals surface area contributed by atoms with E-state index in [1.807, 2.05) is 26.0 Å². The molecule has 2 heterocycles.